The van der Waals surface area contributed by atoms with E-state index in [1.807, 2.05) is 6.07 Å². The Morgan fingerprint density at radius 1 is 0.545 bits per heavy atom. The van der Waals surface area contributed by atoms with E-state index in [0.717, 1.165) is 0 Å². The zero-order valence-corrected chi connectivity index (χ0v) is 18.9. The maximum atomic E-state index is 13.9. The molecule has 1 heterocycles. The first-order valence-electron chi connectivity index (χ1n) is 10.5. The van der Waals surface area contributed by atoms with Gasteiger partial charge in [-0.05, 0) is 36.4 Å². The maximum absolute atomic E-state index is 13.9. The smallest absolute Gasteiger partial charge is 0.487 e. The van der Waals surface area contributed by atoms with E-state index in [1.54, 1.807) is 72.8 Å². The van der Waals surface area contributed by atoms with Crippen LogP contribution < -0.4 is 23.0 Å². The zero-order chi connectivity index (χ0) is 22.8. The van der Waals surface area contributed by atoms with Gasteiger partial charge in [0.05, 0.1) is 26.4 Å². The van der Waals surface area contributed by atoms with E-state index >= 15 is 0 Å². The number of phosphoric acid groups is 1. The lowest BCUT2D eigenvalue weighted by molar-refractivity contribution is 0.0272. The normalized spacial score (nSPS) is 16.8. The van der Waals surface area contributed by atoms with Gasteiger partial charge >= 0.3 is 7.82 Å². The van der Waals surface area contributed by atoms with Crippen LogP contribution in [0.3, 0.4) is 0 Å². The third kappa shape index (κ3) is 6.89. The van der Waals surface area contributed by atoms with Gasteiger partial charge in [-0.15, -0.1) is 0 Å². The fourth-order valence-electron chi connectivity index (χ4n) is 2.94. The minimum absolute atomic E-state index is 0.211. The topological polar surface area (TPSA) is 81.7 Å². The predicted octanol–water partition coefficient (Wildman–Crippen LogP) is 5.14. The summed E-state index contributed by atoms with van der Waals surface area (Å²) in [6.07, 6.45) is 0. The molecule has 0 saturated carbocycles. The van der Waals surface area contributed by atoms with Crippen molar-refractivity contribution in [3.8, 4) is 28.7 Å². The van der Waals surface area contributed by atoms with Crippen LogP contribution in [0, 0.1) is 0 Å². The molecule has 0 amide bonds. The number of ether oxygens (including phenoxy) is 4. The van der Waals surface area contributed by atoms with E-state index in [2.05, 4.69) is 0 Å². The highest BCUT2D eigenvalue weighted by molar-refractivity contribution is 7.49. The molecule has 0 unspecified atom stereocenters. The Hall–Kier alpha value is -3.19. The van der Waals surface area contributed by atoms with Crippen molar-refractivity contribution < 1.29 is 37.1 Å². The summed E-state index contributed by atoms with van der Waals surface area (Å²) in [5.41, 5.74) is 0. The maximum Gasteiger partial charge on any atom is 0.647 e. The molecule has 4 rings (SSSR count). The van der Waals surface area contributed by atoms with Gasteiger partial charge in [0.15, 0.2) is 23.0 Å². The molecule has 9 heteroatoms. The fourth-order valence-corrected chi connectivity index (χ4v) is 4.22. The molecule has 0 atom stereocenters. The average Bonchev–Trinajstić information content (AvgIpc) is 2.82. The minimum Gasteiger partial charge on any atom is -0.487 e. The molecule has 0 saturated heterocycles. The molecule has 8 nitrogen and oxygen atoms in total. The van der Waals surface area contributed by atoms with Gasteiger partial charge in [-0.3, -0.25) is 0 Å². The van der Waals surface area contributed by atoms with Gasteiger partial charge in [-0.2, -0.15) is 4.57 Å². The van der Waals surface area contributed by atoms with Crippen molar-refractivity contribution >= 4 is 7.82 Å². The van der Waals surface area contributed by atoms with Gasteiger partial charge in [0.1, 0.15) is 19.0 Å². The van der Waals surface area contributed by atoms with Gasteiger partial charge in [0.2, 0.25) is 0 Å². The highest BCUT2D eigenvalue weighted by Gasteiger charge is 2.35. The zero-order valence-electron chi connectivity index (χ0n) is 18.0. The number of hydrogen-bond acceptors (Lipinski definition) is 8. The first-order valence-corrected chi connectivity index (χ1v) is 12.0. The molecule has 3 aromatic carbocycles. The fraction of sp³-hybridized carbons (Fsp3) is 0.250. The van der Waals surface area contributed by atoms with Crippen LogP contribution in [0.15, 0.2) is 78.9 Å². The van der Waals surface area contributed by atoms with Crippen molar-refractivity contribution in [2.75, 3.05) is 39.6 Å². The van der Waals surface area contributed by atoms with Crippen molar-refractivity contribution in [3.63, 3.8) is 0 Å². The van der Waals surface area contributed by atoms with Crippen molar-refractivity contribution in [2.24, 2.45) is 0 Å². The van der Waals surface area contributed by atoms with E-state index in [-0.39, 0.29) is 24.7 Å². The van der Waals surface area contributed by atoms with Crippen LogP contribution in [0.25, 0.3) is 0 Å². The summed E-state index contributed by atoms with van der Waals surface area (Å²) in [6, 6.07) is 22.4. The third-order valence-corrected chi connectivity index (χ3v) is 5.70. The largest absolute Gasteiger partial charge is 0.647 e. The molecular formula is C24H25O8P. The molecule has 0 radical (unpaired) electrons. The number of rotatable bonds is 2. The molecule has 0 spiro atoms. The van der Waals surface area contributed by atoms with Crippen LogP contribution in [-0.2, 0) is 14.0 Å². The number of fused-ring (bicyclic) bond motifs is 2. The number of benzene rings is 3. The van der Waals surface area contributed by atoms with Gasteiger partial charge in [-0.1, -0.05) is 42.5 Å². The van der Waals surface area contributed by atoms with E-state index in [1.165, 1.54) is 0 Å². The van der Waals surface area contributed by atoms with Crippen LogP contribution >= 0.6 is 7.82 Å². The average molecular weight is 472 g/mol. The SMILES string of the molecule is O=P1(Oc2ccccc2)Oc2ccccc2OCCOCCOCCOc2ccccc2O1. The molecule has 1 aliphatic heterocycles. The molecule has 33 heavy (non-hydrogen) atoms. The predicted molar refractivity (Wildman–Crippen MR) is 121 cm³/mol. The van der Waals surface area contributed by atoms with Crippen molar-refractivity contribution in [3.05, 3.63) is 78.9 Å². The lowest BCUT2D eigenvalue weighted by Gasteiger charge is -2.21. The highest BCUT2D eigenvalue weighted by Crippen LogP contribution is 2.53. The van der Waals surface area contributed by atoms with Gasteiger partial charge in [0, 0.05) is 0 Å². The van der Waals surface area contributed by atoms with Crippen molar-refractivity contribution in [1.29, 1.82) is 0 Å². The number of hydrogen-bond donors (Lipinski definition) is 0. The first kappa shape index (κ1) is 23.0. The van der Waals surface area contributed by atoms with E-state index in [4.69, 9.17) is 32.5 Å². The second kappa shape index (κ2) is 11.6. The van der Waals surface area contributed by atoms with Crippen LogP contribution in [-0.4, -0.2) is 39.6 Å². The van der Waals surface area contributed by atoms with E-state index in [0.29, 0.717) is 43.7 Å². The summed E-state index contributed by atoms with van der Waals surface area (Å²) >= 11 is 0. The Bertz CT molecular complexity index is 998. The molecule has 0 fully saturated rings. The van der Waals surface area contributed by atoms with Gasteiger partial charge in [0.25, 0.3) is 0 Å². The molecule has 0 N–H and O–H groups in total. The Morgan fingerprint density at radius 3 is 1.48 bits per heavy atom. The first-order chi connectivity index (χ1) is 16.2. The Balaban J connectivity index is 1.66. The molecule has 0 bridgehead atoms. The molecule has 0 aromatic heterocycles. The number of phosphoric ester groups is 1. The Kier molecular flexibility index (Phi) is 8.09. The van der Waals surface area contributed by atoms with Gasteiger partial charge < -0.3 is 32.5 Å². The lowest BCUT2D eigenvalue weighted by atomic mass is 10.3. The van der Waals surface area contributed by atoms with Crippen LogP contribution in [0.5, 0.6) is 28.7 Å². The monoisotopic (exact) mass is 472 g/mol. The lowest BCUT2D eigenvalue weighted by Crippen LogP contribution is -2.13. The molecule has 3 aromatic rings. The minimum atomic E-state index is -4.23. The third-order valence-electron chi connectivity index (χ3n) is 4.42. The quantitative estimate of drug-likeness (QED) is 0.475. The summed E-state index contributed by atoms with van der Waals surface area (Å²) in [4.78, 5) is 0. The highest BCUT2D eigenvalue weighted by atomic mass is 31.2. The molecule has 174 valence electrons. The van der Waals surface area contributed by atoms with Crippen LogP contribution in [0.1, 0.15) is 0 Å². The number of para-hydroxylation sites is 5. The molecule has 1 aliphatic rings. The van der Waals surface area contributed by atoms with Gasteiger partial charge in [-0.25, -0.2) is 0 Å². The summed E-state index contributed by atoms with van der Waals surface area (Å²) in [7, 11) is -4.23. The van der Waals surface area contributed by atoms with E-state index in [9.17, 15) is 4.57 Å². The molecule has 0 aliphatic carbocycles. The summed E-state index contributed by atoms with van der Waals surface area (Å²) < 4.78 is 53.9. The summed E-state index contributed by atoms with van der Waals surface area (Å²) in [6.45, 7) is 2.12. The van der Waals surface area contributed by atoms with Crippen LogP contribution in [0.2, 0.25) is 0 Å². The second-order valence-electron chi connectivity index (χ2n) is 6.85. The Morgan fingerprint density at radius 2 is 0.970 bits per heavy atom. The second-order valence-corrected chi connectivity index (χ2v) is 8.29. The summed E-state index contributed by atoms with van der Waals surface area (Å²) in [5.74, 6) is 1.51. The van der Waals surface area contributed by atoms with Crippen molar-refractivity contribution in [1.82, 2.24) is 0 Å². The Labute approximate surface area is 192 Å². The standard InChI is InChI=1S/C24H25O8P/c25-33(30-20-8-2-1-3-9-20)31-23-12-6-4-10-21(23)28-18-16-26-14-15-27-17-19-29-22-11-5-7-13-24(22)32-33/h1-13H,14-19H2. The van der Waals surface area contributed by atoms with E-state index < -0.39 is 7.82 Å². The van der Waals surface area contributed by atoms with Crippen molar-refractivity contribution in [2.45, 2.75) is 0 Å². The van der Waals surface area contributed by atoms with Crippen LogP contribution in [0.4, 0.5) is 0 Å². The summed E-state index contributed by atoms with van der Waals surface area (Å²) in [5, 5.41) is 0. The molecular weight excluding hydrogens is 447 g/mol.